The van der Waals surface area contributed by atoms with Crippen molar-refractivity contribution in [2.75, 3.05) is 9.80 Å². The molecular weight excluding hydrogens is 752 g/mol. The molecule has 0 N–H and O–H groups in total. The summed E-state index contributed by atoms with van der Waals surface area (Å²) < 4.78 is 0.404. The first-order valence-electron chi connectivity index (χ1n) is 23.2. The molecule has 0 bridgehead atoms. The minimum absolute atomic E-state index is 0.0470. The van der Waals surface area contributed by atoms with Gasteiger partial charge in [-0.3, -0.25) is 0 Å². The molecule has 59 heavy (non-hydrogen) atoms. The first-order valence-corrected chi connectivity index (χ1v) is 24.9. The second kappa shape index (κ2) is 12.8. The van der Waals surface area contributed by atoms with Crippen molar-refractivity contribution >= 4 is 69.6 Å². The molecule has 4 aromatic carbocycles. The maximum Gasteiger partial charge on any atom is 0.249 e. The quantitative estimate of drug-likeness (QED) is 0.190. The van der Waals surface area contributed by atoms with Crippen LogP contribution in [0, 0.1) is 5.41 Å². The normalized spacial score (nSPS) is 29.7. The van der Waals surface area contributed by atoms with Gasteiger partial charge in [-0.2, -0.15) is 0 Å². The molecule has 0 saturated heterocycles. The maximum absolute atomic E-state index is 2.80. The van der Waals surface area contributed by atoms with Gasteiger partial charge in [-0.05, 0) is 150 Å². The van der Waals surface area contributed by atoms with E-state index < -0.39 is 0 Å². The van der Waals surface area contributed by atoms with Crippen LogP contribution in [0.4, 0.5) is 28.4 Å². The van der Waals surface area contributed by atoms with Crippen molar-refractivity contribution in [1.82, 2.24) is 0 Å². The van der Waals surface area contributed by atoms with E-state index in [2.05, 4.69) is 175 Å². The first-order chi connectivity index (χ1) is 27.9. The molecule has 0 spiro atoms. The van der Waals surface area contributed by atoms with Gasteiger partial charge in [-0.25, -0.2) is 0 Å². The lowest BCUT2D eigenvalue weighted by molar-refractivity contribution is 0.366. The highest BCUT2D eigenvalue weighted by atomic mass is 32.2. The Labute approximate surface area is 364 Å². The molecule has 3 aliphatic carbocycles. The third-order valence-corrected chi connectivity index (χ3v) is 20.6. The Balaban J connectivity index is 1.26. The summed E-state index contributed by atoms with van der Waals surface area (Å²) in [6, 6.07) is 30.2. The van der Waals surface area contributed by atoms with Crippen LogP contribution in [0.5, 0.6) is 0 Å². The van der Waals surface area contributed by atoms with Gasteiger partial charge in [-0.15, -0.1) is 23.5 Å². The third kappa shape index (κ3) is 5.41. The van der Waals surface area contributed by atoms with Crippen LogP contribution in [-0.4, -0.2) is 16.2 Å². The molecule has 5 heteroatoms. The molecule has 4 atom stereocenters. The Morgan fingerprint density at radius 2 is 1.17 bits per heavy atom. The molecule has 306 valence electrons. The summed E-state index contributed by atoms with van der Waals surface area (Å²) in [6.45, 7) is 24.9. The van der Waals surface area contributed by atoms with Crippen molar-refractivity contribution < 1.29 is 0 Å². The van der Waals surface area contributed by atoms with Gasteiger partial charge >= 0.3 is 0 Å². The topological polar surface area (TPSA) is 6.48 Å². The van der Waals surface area contributed by atoms with E-state index in [-0.39, 0.29) is 37.9 Å². The third-order valence-electron chi connectivity index (χ3n) is 17.2. The smallest absolute Gasteiger partial charge is 0.249 e. The number of fused-ring (bicyclic) bond motifs is 8. The number of hydrogen-bond acceptors (Lipinski definition) is 4. The van der Waals surface area contributed by atoms with Crippen LogP contribution in [0.15, 0.2) is 88.2 Å². The molecule has 7 aliphatic rings. The average Bonchev–Trinajstić information content (AvgIpc) is 3.81. The van der Waals surface area contributed by atoms with E-state index >= 15 is 0 Å². The van der Waals surface area contributed by atoms with Crippen molar-refractivity contribution in [2.45, 2.75) is 176 Å². The molecule has 3 fully saturated rings. The van der Waals surface area contributed by atoms with Crippen LogP contribution in [0.1, 0.15) is 168 Å². The number of nitrogens with zero attached hydrogens (tertiary/aromatic N) is 2. The van der Waals surface area contributed by atoms with E-state index in [1.165, 1.54) is 126 Å². The van der Waals surface area contributed by atoms with Crippen molar-refractivity contribution in [3.63, 3.8) is 0 Å². The second-order valence-corrected chi connectivity index (χ2v) is 25.7. The number of rotatable bonds is 3. The zero-order valence-corrected chi connectivity index (χ0v) is 39.2. The number of anilines is 5. The fourth-order valence-corrected chi connectivity index (χ4v) is 16.7. The number of benzene rings is 4. The summed E-state index contributed by atoms with van der Waals surface area (Å²) in [6.07, 6.45) is 14.4. The van der Waals surface area contributed by atoms with Crippen LogP contribution in [0.3, 0.4) is 0 Å². The zero-order valence-electron chi connectivity index (χ0n) is 37.6. The van der Waals surface area contributed by atoms with Crippen molar-refractivity contribution in [3.05, 3.63) is 106 Å². The molecular formula is C54H65BN2S2. The summed E-state index contributed by atoms with van der Waals surface area (Å²) >= 11 is 4.45. The molecule has 3 saturated carbocycles. The van der Waals surface area contributed by atoms with Crippen LogP contribution >= 0.6 is 23.5 Å². The fraction of sp³-hybridized carbons (Fsp3) is 0.519. The highest BCUT2D eigenvalue weighted by Gasteiger charge is 2.64. The van der Waals surface area contributed by atoms with Gasteiger partial charge in [0, 0.05) is 48.2 Å². The molecule has 11 rings (SSSR count). The van der Waals surface area contributed by atoms with E-state index in [9.17, 15) is 0 Å². The molecule has 4 aliphatic heterocycles. The Kier molecular flexibility index (Phi) is 8.42. The highest BCUT2D eigenvalue weighted by Crippen LogP contribution is 2.70. The van der Waals surface area contributed by atoms with Gasteiger partial charge in [0.05, 0.1) is 5.03 Å². The Bertz CT molecular complexity index is 2460. The van der Waals surface area contributed by atoms with E-state index in [1.807, 2.05) is 0 Å². The predicted octanol–water partition coefficient (Wildman–Crippen LogP) is 14.6. The zero-order chi connectivity index (χ0) is 41.1. The molecule has 0 radical (unpaired) electrons. The Morgan fingerprint density at radius 1 is 0.593 bits per heavy atom. The molecule has 0 aromatic heterocycles. The summed E-state index contributed by atoms with van der Waals surface area (Å²) in [4.78, 5) is 7.13. The summed E-state index contributed by atoms with van der Waals surface area (Å²) in [5.41, 5.74) is 18.1. The van der Waals surface area contributed by atoms with Crippen molar-refractivity contribution in [2.24, 2.45) is 5.41 Å². The van der Waals surface area contributed by atoms with Gasteiger partial charge in [0.1, 0.15) is 0 Å². The standard InChI is InChI=1S/C54H65BN2S2/c1-49(2,3)36-20-14-22-38(30-36)56-42-32-40-45(58-53(9)26-16-24-51(40,53)7)33-41(42)55-46-43(56)28-35(34-18-12-11-13-19-34)29-44(46)57(39-23-15-21-37(31-39)50(4,5)6)48-47(55)52(8)25-17-27-54(52,10)59-48/h14-15,20-23,28-34H,11-13,16-19,24-27H2,1-10H3. The summed E-state index contributed by atoms with van der Waals surface area (Å²) in [7, 11) is 0. The Morgan fingerprint density at radius 3 is 1.80 bits per heavy atom. The van der Waals surface area contributed by atoms with Crippen molar-refractivity contribution in [3.8, 4) is 0 Å². The van der Waals surface area contributed by atoms with Crippen LogP contribution < -0.4 is 20.7 Å². The molecule has 4 aromatic rings. The molecule has 4 heterocycles. The van der Waals surface area contributed by atoms with Crippen molar-refractivity contribution in [1.29, 1.82) is 0 Å². The monoisotopic (exact) mass is 816 g/mol. The first kappa shape index (κ1) is 38.9. The lowest BCUT2D eigenvalue weighted by atomic mass is 9.29. The van der Waals surface area contributed by atoms with E-state index in [0.29, 0.717) is 5.92 Å². The van der Waals surface area contributed by atoms with E-state index in [1.54, 1.807) is 21.5 Å². The van der Waals surface area contributed by atoms with Crippen LogP contribution in [0.2, 0.25) is 0 Å². The lowest BCUT2D eigenvalue weighted by Crippen LogP contribution is -2.58. The van der Waals surface area contributed by atoms with E-state index in [4.69, 9.17) is 0 Å². The second-order valence-electron chi connectivity index (χ2n) is 22.7. The summed E-state index contributed by atoms with van der Waals surface area (Å²) in [5.74, 6) is 0.589. The molecule has 2 nitrogen and oxygen atoms in total. The minimum atomic E-state index is 0.0470. The van der Waals surface area contributed by atoms with Gasteiger partial charge in [0.25, 0.3) is 0 Å². The maximum atomic E-state index is 2.80. The largest absolute Gasteiger partial charge is 0.311 e. The minimum Gasteiger partial charge on any atom is -0.311 e. The van der Waals surface area contributed by atoms with Crippen LogP contribution in [-0.2, 0) is 16.2 Å². The van der Waals surface area contributed by atoms with Gasteiger partial charge in [0.15, 0.2) is 0 Å². The van der Waals surface area contributed by atoms with Gasteiger partial charge in [-0.1, -0.05) is 123 Å². The molecule has 4 unspecified atom stereocenters. The fourth-order valence-electron chi connectivity index (χ4n) is 13.1. The van der Waals surface area contributed by atoms with Crippen LogP contribution in [0.25, 0.3) is 0 Å². The predicted molar refractivity (Wildman–Crippen MR) is 258 cm³/mol. The lowest BCUT2D eigenvalue weighted by Gasteiger charge is -2.47. The number of thioether (sulfide) groups is 2. The Hall–Kier alpha value is -3.02. The van der Waals surface area contributed by atoms with Gasteiger partial charge in [0.2, 0.25) is 6.71 Å². The molecule has 0 amide bonds. The van der Waals surface area contributed by atoms with Gasteiger partial charge < -0.3 is 9.80 Å². The number of hydrogen-bond donors (Lipinski definition) is 0. The summed E-state index contributed by atoms with van der Waals surface area (Å²) in [5, 5.41) is 1.53. The average molecular weight is 817 g/mol. The number of allylic oxidation sites excluding steroid dienone is 1. The SMILES string of the molecule is CC(C)(C)c1cccc(N2C3=C(B4c5cc6c(cc5N(c5cccc(C(C)(C)C)c5)c5cc(C7CCCCC7)cc2c54)C2(C)CCCC2(C)S6)C2(C)CCCC2(C)S3)c1. The highest BCUT2D eigenvalue weighted by molar-refractivity contribution is 8.05. The van der Waals surface area contributed by atoms with E-state index in [0.717, 1.165) is 0 Å².